The van der Waals surface area contributed by atoms with Gasteiger partial charge in [-0.2, -0.15) is 0 Å². The molecule has 28 heavy (non-hydrogen) atoms. The van der Waals surface area contributed by atoms with Crippen LogP contribution >= 0.6 is 0 Å². The molecule has 6 heteroatoms. The van der Waals surface area contributed by atoms with E-state index in [0.717, 1.165) is 43.2 Å². The lowest BCUT2D eigenvalue weighted by molar-refractivity contribution is 0.414. The van der Waals surface area contributed by atoms with E-state index in [4.69, 9.17) is 9.72 Å². The monoisotopic (exact) mass is 376 g/mol. The van der Waals surface area contributed by atoms with Crippen molar-refractivity contribution in [2.75, 3.05) is 43.1 Å². The highest BCUT2D eigenvalue weighted by atomic mass is 16.5. The number of methoxy groups -OCH3 is 1. The zero-order valence-electron chi connectivity index (χ0n) is 16.2. The van der Waals surface area contributed by atoms with Gasteiger partial charge in [0.05, 0.1) is 12.8 Å². The van der Waals surface area contributed by atoms with Gasteiger partial charge >= 0.3 is 0 Å². The number of anilines is 2. The largest absolute Gasteiger partial charge is 0.497 e. The van der Waals surface area contributed by atoms with E-state index in [1.807, 2.05) is 49.4 Å². The highest BCUT2D eigenvalue weighted by Gasteiger charge is 2.20. The molecular weight excluding hydrogens is 352 g/mol. The lowest BCUT2D eigenvalue weighted by Gasteiger charge is -2.36. The van der Waals surface area contributed by atoms with Crippen LogP contribution in [0.2, 0.25) is 0 Å². The number of aromatic nitrogens is 2. The normalized spacial score (nSPS) is 14.2. The number of piperazine rings is 1. The van der Waals surface area contributed by atoms with Crippen molar-refractivity contribution in [2.24, 2.45) is 0 Å². The first kappa shape index (κ1) is 18.1. The van der Waals surface area contributed by atoms with Crippen LogP contribution in [-0.4, -0.2) is 43.3 Å². The standard InChI is InChI=1S/C22H24N4O2/c1-16-6-8-17(9-7-16)20-15-21(27)24-22(23-20)26-12-10-25(11-13-26)18-4-3-5-19(14-18)28-2/h3-9,14-15H,10-13H2,1-2H3,(H,23,24,27). The van der Waals surface area contributed by atoms with Gasteiger partial charge in [-0.25, -0.2) is 4.98 Å². The maximum Gasteiger partial charge on any atom is 0.252 e. The van der Waals surface area contributed by atoms with Gasteiger partial charge in [0.2, 0.25) is 5.95 Å². The number of hydrogen-bond acceptors (Lipinski definition) is 5. The Morgan fingerprint density at radius 2 is 1.68 bits per heavy atom. The average Bonchev–Trinajstić information content (AvgIpc) is 2.74. The van der Waals surface area contributed by atoms with Crippen molar-refractivity contribution in [3.05, 3.63) is 70.5 Å². The van der Waals surface area contributed by atoms with Crippen LogP contribution in [-0.2, 0) is 0 Å². The van der Waals surface area contributed by atoms with Gasteiger partial charge in [0.25, 0.3) is 5.56 Å². The van der Waals surface area contributed by atoms with Crippen LogP contribution < -0.4 is 20.1 Å². The second kappa shape index (κ2) is 7.76. The number of hydrogen-bond donors (Lipinski definition) is 1. The number of ether oxygens (including phenoxy) is 1. The summed E-state index contributed by atoms with van der Waals surface area (Å²) >= 11 is 0. The number of aromatic amines is 1. The highest BCUT2D eigenvalue weighted by Crippen LogP contribution is 2.23. The van der Waals surface area contributed by atoms with Crippen LogP contribution in [0.1, 0.15) is 5.56 Å². The molecule has 0 atom stereocenters. The molecule has 1 aliphatic heterocycles. The molecule has 2 aromatic carbocycles. The van der Waals surface area contributed by atoms with Gasteiger partial charge in [0.1, 0.15) is 5.75 Å². The van der Waals surface area contributed by atoms with Gasteiger partial charge in [-0.15, -0.1) is 0 Å². The summed E-state index contributed by atoms with van der Waals surface area (Å²) in [6, 6.07) is 17.7. The van der Waals surface area contributed by atoms with Crippen molar-refractivity contribution in [3.8, 4) is 17.0 Å². The number of H-pyrrole nitrogens is 1. The Bertz CT molecular complexity index is 1010. The molecule has 0 spiro atoms. The van der Waals surface area contributed by atoms with Gasteiger partial charge in [-0.05, 0) is 19.1 Å². The van der Waals surface area contributed by atoms with E-state index in [2.05, 4.69) is 20.9 Å². The lowest BCUT2D eigenvalue weighted by atomic mass is 10.1. The molecule has 1 N–H and O–H groups in total. The van der Waals surface area contributed by atoms with E-state index in [1.54, 1.807) is 13.2 Å². The molecule has 0 saturated carbocycles. The molecule has 0 radical (unpaired) electrons. The van der Waals surface area contributed by atoms with Crippen molar-refractivity contribution in [2.45, 2.75) is 6.92 Å². The molecule has 0 unspecified atom stereocenters. The molecule has 1 aliphatic rings. The first-order chi connectivity index (χ1) is 13.6. The minimum absolute atomic E-state index is 0.129. The molecule has 0 aliphatic carbocycles. The van der Waals surface area contributed by atoms with Gasteiger partial charge < -0.3 is 14.5 Å². The quantitative estimate of drug-likeness (QED) is 0.758. The Morgan fingerprint density at radius 3 is 2.39 bits per heavy atom. The van der Waals surface area contributed by atoms with E-state index in [-0.39, 0.29) is 5.56 Å². The average molecular weight is 376 g/mol. The van der Waals surface area contributed by atoms with Gasteiger partial charge in [0.15, 0.2) is 0 Å². The molecule has 0 bridgehead atoms. The first-order valence-electron chi connectivity index (χ1n) is 9.45. The van der Waals surface area contributed by atoms with Crippen LogP contribution in [0.5, 0.6) is 5.75 Å². The summed E-state index contributed by atoms with van der Waals surface area (Å²) in [7, 11) is 1.68. The zero-order valence-corrected chi connectivity index (χ0v) is 16.2. The third kappa shape index (κ3) is 3.86. The summed E-state index contributed by atoms with van der Waals surface area (Å²) in [5, 5.41) is 0. The van der Waals surface area contributed by atoms with E-state index in [0.29, 0.717) is 11.6 Å². The number of nitrogens with one attached hydrogen (secondary N) is 1. The molecule has 4 rings (SSSR count). The Kier molecular flexibility index (Phi) is 5.02. The Balaban J connectivity index is 1.51. The Labute approximate surface area is 164 Å². The Hall–Kier alpha value is -3.28. The molecule has 2 heterocycles. The molecule has 0 amide bonds. The van der Waals surface area contributed by atoms with Crippen LogP contribution in [0.4, 0.5) is 11.6 Å². The lowest BCUT2D eigenvalue weighted by Crippen LogP contribution is -2.47. The predicted molar refractivity (Wildman–Crippen MR) is 112 cm³/mol. The van der Waals surface area contributed by atoms with Crippen LogP contribution in [0.3, 0.4) is 0 Å². The smallest absolute Gasteiger partial charge is 0.252 e. The summed E-state index contributed by atoms with van der Waals surface area (Å²) in [4.78, 5) is 24.3. The van der Waals surface area contributed by atoms with Gasteiger partial charge in [-0.1, -0.05) is 35.9 Å². The summed E-state index contributed by atoms with van der Waals surface area (Å²) in [5.41, 5.74) is 3.86. The SMILES string of the molecule is COc1cccc(N2CCN(c3nc(-c4ccc(C)cc4)cc(=O)[nH]3)CC2)c1. The van der Waals surface area contributed by atoms with Crippen LogP contribution in [0.25, 0.3) is 11.3 Å². The molecule has 144 valence electrons. The van der Waals surface area contributed by atoms with Gasteiger partial charge in [-0.3, -0.25) is 9.78 Å². The van der Waals surface area contributed by atoms with E-state index < -0.39 is 0 Å². The van der Waals surface area contributed by atoms with Gasteiger partial charge in [0, 0.05) is 49.6 Å². The molecule has 1 fully saturated rings. The first-order valence-corrected chi connectivity index (χ1v) is 9.45. The fourth-order valence-corrected chi connectivity index (χ4v) is 3.45. The number of rotatable bonds is 4. The van der Waals surface area contributed by atoms with Crippen molar-refractivity contribution in [3.63, 3.8) is 0 Å². The molecule has 1 saturated heterocycles. The third-order valence-electron chi connectivity index (χ3n) is 5.07. The Morgan fingerprint density at radius 1 is 0.964 bits per heavy atom. The maximum atomic E-state index is 12.2. The maximum absolute atomic E-state index is 12.2. The predicted octanol–water partition coefficient (Wildman–Crippen LogP) is 3.08. The molecular formula is C22H24N4O2. The number of aryl methyl sites for hydroxylation is 1. The molecule has 3 aromatic rings. The van der Waals surface area contributed by atoms with E-state index >= 15 is 0 Å². The second-order valence-corrected chi connectivity index (χ2v) is 7.00. The molecule has 1 aromatic heterocycles. The summed E-state index contributed by atoms with van der Waals surface area (Å²) in [5.74, 6) is 1.49. The van der Waals surface area contributed by atoms with Crippen molar-refractivity contribution >= 4 is 11.6 Å². The van der Waals surface area contributed by atoms with Crippen LogP contribution in [0, 0.1) is 6.92 Å². The van der Waals surface area contributed by atoms with E-state index in [9.17, 15) is 4.79 Å². The minimum Gasteiger partial charge on any atom is -0.497 e. The number of benzene rings is 2. The molecule has 6 nitrogen and oxygen atoms in total. The number of nitrogens with zero attached hydrogens (tertiary/aromatic N) is 3. The van der Waals surface area contributed by atoms with Crippen molar-refractivity contribution < 1.29 is 4.74 Å². The zero-order chi connectivity index (χ0) is 19.5. The van der Waals surface area contributed by atoms with Crippen LogP contribution in [0.15, 0.2) is 59.4 Å². The fourth-order valence-electron chi connectivity index (χ4n) is 3.45. The second-order valence-electron chi connectivity index (χ2n) is 7.00. The highest BCUT2D eigenvalue weighted by molar-refractivity contribution is 5.60. The summed E-state index contributed by atoms with van der Waals surface area (Å²) in [6.07, 6.45) is 0. The summed E-state index contributed by atoms with van der Waals surface area (Å²) in [6.45, 7) is 5.33. The minimum atomic E-state index is -0.129. The van der Waals surface area contributed by atoms with Crippen molar-refractivity contribution in [1.82, 2.24) is 9.97 Å². The van der Waals surface area contributed by atoms with E-state index in [1.165, 1.54) is 5.56 Å². The third-order valence-corrected chi connectivity index (χ3v) is 5.07. The topological polar surface area (TPSA) is 61.5 Å². The fraction of sp³-hybridized carbons (Fsp3) is 0.273. The van der Waals surface area contributed by atoms with Crippen molar-refractivity contribution in [1.29, 1.82) is 0 Å². The summed E-state index contributed by atoms with van der Waals surface area (Å²) < 4.78 is 5.33.